The second-order valence-electron chi connectivity index (χ2n) is 3.38. The molecule has 0 spiro atoms. The summed E-state index contributed by atoms with van der Waals surface area (Å²) >= 11 is 0. The fourth-order valence-electron chi connectivity index (χ4n) is 1.52. The van der Waals surface area contributed by atoms with E-state index in [1.54, 1.807) is 6.92 Å². The highest BCUT2D eigenvalue weighted by atomic mass is 16.1. The Bertz CT molecular complexity index is 127. The topological polar surface area (TPSA) is 29.1 Å². The van der Waals surface area contributed by atoms with Gasteiger partial charge in [-0.3, -0.25) is 4.79 Å². The first-order valence-corrected chi connectivity index (χ1v) is 3.93. The normalized spacial score (nSPS) is 31.0. The molecule has 0 aliphatic heterocycles. The van der Waals surface area contributed by atoms with E-state index in [1.807, 2.05) is 0 Å². The van der Waals surface area contributed by atoms with Crippen molar-refractivity contribution in [2.24, 2.45) is 11.8 Å². The molecule has 2 nitrogen and oxygen atoms in total. The lowest BCUT2D eigenvalue weighted by molar-refractivity contribution is -0.119. The largest absolute Gasteiger partial charge is 0.356 e. The average molecular weight is 141 g/mol. The molecular formula is C8H15NO. The second kappa shape index (κ2) is 3.04. The highest BCUT2D eigenvalue weighted by Crippen LogP contribution is 2.32. The Morgan fingerprint density at radius 1 is 1.60 bits per heavy atom. The summed E-state index contributed by atoms with van der Waals surface area (Å²) in [5.74, 6) is 1.75. The van der Waals surface area contributed by atoms with Crippen LogP contribution >= 0.6 is 0 Å². The smallest absolute Gasteiger partial charge is 0.216 e. The van der Waals surface area contributed by atoms with Crippen LogP contribution in [0.5, 0.6) is 0 Å². The first-order valence-electron chi connectivity index (χ1n) is 3.93. The van der Waals surface area contributed by atoms with Crippen LogP contribution < -0.4 is 5.32 Å². The highest BCUT2D eigenvalue weighted by Gasteiger charge is 2.24. The first-order chi connectivity index (χ1) is 4.68. The van der Waals surface area contributed by atoms with Gasteiger partial charge < -0.3 is 5.32 Å². The third kappa shape index (κ3) is 2.01. The van der Waals surface area contributed by atoms with Crippen molar-refractivity contribution in [2.75, 3.05) is 6.54 Å². The van der Waals surface area contributed by atoms with Gasteiger partial charge in [-0.25, -0.2) is 0 Å². The third-order valence-electron chi connectivity index (χ3n) is 2.11. The number of carbonyl (C=O) groups is 1. The Morgan fingerprint density at radius 3 is 2.60 bits per heavy atom. The molecule has 0 saturated heterocycles. The van der Waals surface area contributed by atoms with E-state index in [4.69, 9.17) is 0 Å². The van der Waals surface area contributed by atoms with Crippen molar-refractivity contribution in [3.63, 3.8) is 0 Å². The van der Waals surface area contributed by atoms with Gasteiger partial charge in [0.1, 0.15) is 0 Å². The van der Waals surface area contributed by atoms with Gasteiger partial charge in [0.05, 0.1) is 0 Å². The van der Waals surface area contributed by atoms with Gasteiger partial charge >= 0.3 is 0 Å². The molecule has 1 aliphatic rings. The maximum Gasteiger partial charge on any atom is 0.216 e. The fraction of sp³-hybridized carbons (Fsp3) is 0.875. The lowest BCUT2D eigenvalue weighted by Gasteiger charge is -2.32. The van der Waals surface area contributed by atoms with E-state index in [0.717, 1.165) is 18.4 Å². The Hall–Kier alpha value is -0.530. The van der Waals surface area contributed by atoms with Gasteiger partial charge in [0.15, 0.2) is 0 Å². The van der Waals surface area contributed by atoms with Crippen molar-refractivity contribution in [3.05, 3.63) is 0 Å². The van der Waals surface area contributed by atoms with Gasteiger partial charge in [-0.05, 0) is 24.7 Å². The quantitative estimate of drug-likeness (QED) is 0.614. The summed E-state index contributed by atoms with van der Waals surface area (Å²) < 4.78 is 0. The summed E-state index contributed by atoms with van der Waals surface area (Å²) in [6.07, 6.45) is 2.58. The molecule has 0 aromatic heterocycles. The molecule has 0 atom stereocenters. The van der Waals surface area contributed by atoms with Gasteiger partial charge in [0.25, 0.3) is 0 Å². The molecule has 1 aliphatic carbocycles. The lowest BCUT2D eigenvalue weighted by atomic mass is 9.76. The zero-order valence-electron chi connectivity index (χ0n) is 6.68. The molecule has 0 aromatic rings. The molecule has 58 valence electrons. The molecule has 10 heavy (non-hydrogen) atoms. The van der Waals surface area contributed by atoms with E-state index in [-0.39, 0.29) is 5.91 Å². The number of carbonyl (C=O) groups excluding carboxylic acids is 1. The van der Waals surface area contributed by atoms with Crippen molar-refractivity contribution in [1.82, 2.24) is 5.32 Å². The molecule has 0 bridgehead atoms. The summed E-state index contributed by atoms with van der Waals surface area (Å²) in [5.41, 5.74) is 0. The summed E-state index contributed by atoms with van der Waals surface area (Å²) in [7, 11) is 0. The van der Waals surface area contributed by atoms with E-state index >= 15 is 0 Å². The number of rotatable bonds is 2. The van der Waals surface area contributed by atoms with Crippen LogP contribution in [0.25, 0.3) is 0 Å². The molecule has 0 heterocycles. The van der Waals surface area contributed by atoms with Crippen LogP contribution in [0, 0.1) is 11.8 Å². The van der Waals surface area contributed by atoms with E-state index in [0.29, 0.717) is 0 Å². The van der Waals surface area contributed by atoms with Gasteiger partial charge in [-0.15, -0.1) is 0 Å². The van der Waals surface area contributed by atoms with Gasteiger partial charge in [0.2, 0.25) is 5.91 Å². The average Bonchev–Trinajstić information content (AvgIpc) is 1.77. The molecule has 0 aromatic carbocycles. The van der Waals surface area contributed by atoms with Crippen LogP contribution in [-0.4, -0.2) is 12.5 Å². The van der Waals surface area contributed by atoms with Crippen LogP contribution in [-0.2, 0) is 4.79 Å². The van der Waals surface area contributed by atoms with E-state index in [2.05, 4.69) is 12.2 Å². The molecular weight excluding hydrogens is 126 g/mol. The maximum atomic E-state index is 10.5. The monoisotopic (exact) mass is 141 g/mol. The van der Waals surface area contributed by atoms with Crippen molar-refractivity contribution >= 4 is 5.91 Å². The van der Waals surface area contributed by atoms with Crippen molar-refractivity contribution < 1.29 is 4.79 Å². The van der Waals surface area contributed by atoms with Crippen LogP contribution in [0.4, 0.5) is 0 Å². The maximum absolute atomic E-state index is 10.5. The Labute approximate surface area is 62.0 Å². The predicted octanol–water partition coefficient (Wildman–Crippen LogP) is 1.17. The standard InChI is InChI=1S/C8H15NO/c1-6-3-8(4-6)5-9-7(2)10/h6,8H,3-5H2,1-2H3,(H,9,10). The number of hydrogen-bond acceptors (Lipinski definition) is 1. The SMILES string of the molecule is CC(=O)NCC1CC(C)C1. The predicted molar refractivity (Wildman–Crippen MR) is 40.6 cm³/mol. The van der Waals surface area contributed by atoms with E-state index in [9.17, 15) is 4.79 Å². The summed E-state index contributed by atoms with van der Waals surface area (Å²) in [6, 6.07) is 0. The Balaban J connectivity index is 2.00. The highest BCUT2D eigenvalue weighted by molar-refractivity contribution is 5.72. The molecule has 1 amide bonds. The molecule has 1 N–H and O–H groups in total. The zero-order chi connectivity index (χ0) is 7.56. The van der Waals surface area contributed by atoms with E-state index < -0.39 is 0 Å². The molecule has 1 saturated carbocycles. The van der Waals surface area contributed by atoms with Gasteiger partial charge in [0, 0.05) is 13.5 Å². The summed E-state index contributed by atoms with van der Waals surface area (Å²) in [4.78, 5) is 10.5. The molecule has 0 radical (unpaired) electrons. The Kier molecular flexibility index (Phi) is 2.30. The molecule has 0 unspecified atom stereocenters. The van der Waals surface area contributed by atoms with Crippen LogP contribution in [0.3, 0.4) is 0 Å². The second-order valence-corrected chi connectivity index (χ2v) is 3.38. The van der Waals surface area contributed by atoms with Crippen molar-refractivity contribution in [1.29, 1.82) is 0 Å². The number of amides is 1. The minimum atomic E-state index is 0.0968. The fourth-order valence-corrected chi connectivity index (χ4v) is 1.52. The minimum Gasteiger partial charge on any atom is -0.356 e. The van der Waals surface area contributed by atoms with Crippen molar-refractivity contribution in [2.45, 2.75) is 26.7 Å². The molecule has 1 fully saturated rings. The minimum absolute atomic E-state index is 0.0968. The van der Waals surface area contributed by atoms with Crippen molar-refractivity contribution in [3.8, 4) is 0 Å². The first kappa shape index (κ1) is 7.58. The van der Waals surface area contributed by atoms with Crippen LogP contribution in [0.1, 0.15) is 26.7 Å². The van der Waals surface area contributed by atoms with Crippen LogP contribution in [0.2, 0.25) is 0 Å². The molecule has 2 heteroatoms. The van der Waals surface area contributed by atoms with Gasteiger partial charge in [-0.2, -0.15) is 0 Å². The third-order valence-corrected chi connectivity index (χ3v) is 2.11. The van der Waals surface area contributed by atoms with Crippen LogP contribution in [0.15, 0.2) is 0 Å². The van der Waals surface area contributed by atoms with E-state index in [1.165, 1.54) is 12.8 Å². The lowest BCUT2D eigenvalue weighted by Crippen LogP contribution is -2.33. The summed E-state index contributed by atoms with van der Waals surface area (Å²) in [6.45, 7) is 4.71. The summed E-state index contributed by atoms with van der Waals surface area (Å²) in [5, 5.41) is 2.83. The van der Waals surface area contributed by atoms with Gasteiger partial charge in [-0.1, -0.05) is 6.92 Å². The number of nitrogens with one attached hydrogen (secondary N) is 1. The zero-order valence-corrected chi connectivity index (χ0v) is 6.68. The number of hydrogen-bond donors (Lipinski definition) is 1. The molecule has 1 rings (SSSR count). The Morgan fingerprint density at radius 2 is 2.20 bits per heavy atom.